The normalized spacial score (nSPS) is 16.1. The van der Waals surface area contributed by atoms with Crippen molar-refractivity contribution in [2.24, 2.45) is 4.99 Å². The number of ether oxygens (including phenoxy) is 1. The van der Waals surface area contributed by atoms with Crippen LogP contribution in [0.1, 0.15) is 23.7 Å². The third-order valence-corrected chi connectivity index (χ3v) is 5.15. The summed E-state index contributed by atoms with van der Waals surface area (Å²) in [5.74, 6) is -0.000379. The van der Waals surface area contributed by atoms with Crippen molar-refractivity contribution in [1.82, 2.24) is 16.0 Å². The number of halogens is 2. The lowest BCUT2D eigenvalue weighted by molar-refractivity contribution is 0.0954. The number of amides is 1. The molecular formula is C23H29F2N5O2. The fourth-order valence-corrected chi connectivity index (χ4v) is 3.57. The first-order valence-electron chi connectivity index (χ1n) is 10.7. The number of guanidine groups is 1. The van der Waals surface area contributed by atoms with Gasteiger partial charge in [0.2, 0.25) is 0 Å². The van der Waals surface area contributed by atoms with E-state index < -0.39 is 11.6 Å². The van der Waals surface area contributed by atoms with Crippen LogP contribution in [0.3, 0.4) is 0 Å². The van der Waals surface area contributed by atoms with Crippen LogP contribution in [0.15, 0.2) is 47.5 Å². The van der Waals surface area contributed by atoms with Gasteiger partial charge in [-0.2, -0.15) is 0 Å². The predicted molar refractivity (Wildman–Crippen MR) is 121 cm³/mol. The number of hydrogen-bond donors (Lipinski definition) is 3. The zero-order chi connectivity index (χ0) is 22.9. The third-order valence-electron chi connectivity index (χ3n) is 5.15. The first-order chi connectivity index (χ1) is 15.5. The number of carbonyl (C=O) groups is 1. The Bertz CT molecular complexity index is 916. The Kier molecular flexibility index (Phi) is 8.24. The largest absolute Gasteiger partial charge is 0.497 e. The summed E-state index contributed by atoms with van der Waals surface area (Å²) < 4.78 is 33.2. The fourth-order valence-electron chi connectivity index (χ4n) is 3.57. The van der Waals surface area contributed by atoms with Gasteiger partial charge in [-0.05, 0) is 49.7 Å². The smallest absolute Gasteiger partial charge is 0.251 e. The average molecular weight is 446 g/mol. The molecule has 1 atom stereocenters. The second kappa shape index (κ2) is 11.3. The lowest BCUT2D eigenvalue weighted by Gasteiger charge is -2.21. The molecule has 1 amide bonds. The zero-order valence-corrected chi connectivity index (χ0v) is 18.3. The van der Waals surface area contributed by atoms with Gasteiger partial charge in [0, 0.05) is 37.8 Å². The second-order valence-electron chi connectivity index (χ2n) is 7.39. The van der Waals surface area contributed by atoms with Crippen LogP contribution in [0, 0.1) is 11.6 Å². The fraction of sp³-hybridized carbons (Fsp3) is 0.391. The molecule has 1 saturated heterocycles. The van der Waals surface area contributed by atoms with Gasteiger partial charge in [0.05, 0.1) is 13.7 Å². The molecule has 1 unspecified atom stereocenters. The number of carbonyl (C=O) groups excluding carboxylic acids is 1. The zero-order valence-electron chi connectivity index (χ0n) is 18.3. The SMILES string of the molecule is CCNC(=NCCNC(=O)c1ccc(OC)cc1)NC1CCN(c2c(F)cccc2F)C1. The summed E-state index contributed by atoms with van der Waals surface area (Å²) in [6.07, 6.45) is 0.729. The predicted octanol–water partition coefficient (Wildman–Crippen LogP) is 2.54. The van der Waals surface area contributed by atoms with Crippen molar-refractivity contribution >= 4 is 17.6 Å². The molecule has 2 aromatic rings. The van der Waals surface area contributed by atoms with Crippen molar-refractivity contribution in [2.45, 2.75) is 19.4 Å². The van der Waals surface area contributed by atoms with Gasteiger partial charge in [-0.15, -0.1) is 0 Å². The van der Waals surface area contributed by atoms with Gasteiger partial charge in [-0.1, -0.05) is 6.07 Å². The van der Waals surface area contributed by atoms with Crippen LogP contribution in [0.2, 0.25) is 0 Å². The molecule has 0 saturated carbocycles. The van der Waals surface area contributed by atoms with E-state index in [-0.39, 0.29) is 17.6 Å². The molecule has 3 rings (SSSR count). The Balaban J connectivity index is 1.50. The summed E-state index contributed by atoms with van der Waals surface area (Å²) in [4.78, 5) is 18.4. The minimum Gasteiger partial charge on any atom is -0.497 e. The highest BCUT2D eigenvalue weighted by Crippen LogP contribution is 2.26. The molecule has 9 heteroatoms. The van der Waals surface area contributed by atoms with Gasteiger partial charge in [0.1, 0.15) is 23.1 Å². The number of nitrogens with one attached hydrogen (secondary N) is 3. The number of rotatable bonds is 8. The van der Waals surface area contributed by atoms with Gasteiger partial charge in [0.25, 0.3) is 5.91 Å². The number of hydrogen-bond acceptors (Lipinski definition) is 4. The molecule has 7 nitrogen and oxygen atoms in total. The molecule has 0 bridgehead atoms. The lowest BCUT2D eigenvalue weighted by atomic mass is 10.2. The number of methoxy groups -OCH3 is 1. The van der Waals surface area contributed by atoms with Crippen LogP contribution in [-0.2, 0) is 0 Å². The molecule has 0 spiro atoms. The Hall–Kier alpha value is -3.36. The Morgan fingerprint density at radius 3 is 2.53 bits per heavy atom. The standard InChI is InChI=1S/C23H29F2N5O2/c1-3-26-23(28-13-12-27-22(31)16-7-9-18(32-2)10-8-16)29-17-11-14-30(15-17)21-19(24)5-4-6-20(21)25/h4-10,17H,3,11-15H2,1-2H3,(H,27,31)(H2,26,28,29). The third kappa shape index (κ3) is 6.09. The molecule has 172 valence electrons. The average Bonchev–Trinajstić information content (AvgIpc) is 3.24. The molecule has 0 aliphatic carbocycles. The van der Waals surface area contributed by atoms with Crippen LogP contribution >= 0.6 is 0 Å². The summed E-state index contributed by atoms with van der Waals surface area (Å²) in [6.45, 7) is 4.40. The molecule has 1 aliphatic heterocycles. The van der Waals surface area contributed by atoms with Crippen LogP contribution in [-0.4, -0.2) is 57.7 Å². The van der Waals surface area contributed by atoms with Gasteiger partial charge in [-0.25, -0.2) is 8.78 Å². The van der Waals surface area contributed by atoms with E-state index in [2.05, 4.69) is 20.9 Å². The van der Waals surface area contributed by atoms with E-state index in [1.54, 1.807) is 36.3 Å². The lowest BCUT2D eigenvalue weighted by Crippen LogP contribution is -2.45. The van der Waals surface area contributed by atoms with E-state index in [0.29, 0.717) is 50.0 Å². The number of nitrogens with zero attached hydrogens (tertiary/aromatic N) is 2. The van der Waals surface area contributed by atoms with Gasteiger partial charge in [0.15, 0.2) is 5.96 Å². The number of anilines is 1. The van der Waals surface area contributed by atoms with E-state index in [4.69, 9.17) is 4.74 Å². The summed E-state index contributed by atoms with van der Waals surface area (Å²) in [6, 6.07) is 10.8. The summed E-state index contributed by atoms with van der Waals surface area (Å²) >= 11 is 0. The van der Waals surface area contributed by atoms with Crippen LogP contribution < -0.4 is 25.6 Å². The molecule has 32 heavy (non-hydrogen) atoms. The van der Waals surface area contributed by atoms with Crippen LogP contribution in [0.4, 0.5) is 14.5 Å². The van der Waals surface area contributed by atoms with E-state index in [9.17, 15) is 13.6 Å². The highest BCUT2D eigenvalue weighted by atomic mass is 19.1. The van der Waals surface area contributed by atoms with Crippen molar-refractivity contribution in [3.05, 3.63) is 59.7 Å². The van der Waals surface area contributed by atoms with Gasteiger partial charge in [-0.3, -0.25) is 9.79 Å². The van der Waals surface area contributed by atoms with Crippen LogP contribution in [0.25, 0.3) is 0 Å². The molecule has 0 radical (unpaired) electrons. The topological polar surface area (TPSA) is 78.0 Å². The number of aliphatic imine (C=N–C) groups is 1. The van der Waals surface area contributed by atoms with Crippen molar-refractivity contribution in [2.75, 3.05) is 44.7 Å². The minimum absolute atomic E-state index is 0.000645. The van der Waals surface area contributed by atoms with Crippen molar-refractivity contribution in [3.8, 4) is 5.75 Å². The first kappa shape index (κ1) is 23.3. The van der Waals surface area contributed by atoms with E-state index >= 15 is 0 Å². The maximum absolute atomic E-state index is 14.1. The summed E-state index contributed by atoms with van der Waals surface area (Å²) in [5.41, 5.74) is 0.561. The molecule has 2 aromatic carbocycles. The van der Waals surface area contributed by atoms with Gasteiger partial charge >= 0.3 is 0 Å². The number of benzene rings is 2. The molecule has 1 aliphatic rings. The van der Waals surface area contributed by atoms with Gasteiger partial charge < -0.3 is 25.6 Å². The van der Waals surface area contributed by atoms with E-state index in [1.165, 1.54) is 18.2 Å². The van der Waals surface area contributed by atoms with E-state index in [0.717, 1.165) is 6.42 Å². The summed E-state index contributed by atoms with van der Waals surface area (Å²) in [7, 11) is 1.57. The highest BCUT2D eigenvalue weighted by Gasteiger charge is 2.27. The van der Waals surface area contributed by atoms with E-state index in [1.807, 2.05) is 6.92 Å². The highest BCUT2D eigenvalue weighted by molar-refractivity contribution is 5.94. The van der Waals surface area contributed by atoms with Crippen molar-refractivity contribution in [3.63, 3.8) is 0 Å². The molecule has 0 aromatic heterocycles. The van der Waals surface area contributed by atoms with Crippen molar-refractivity contribution < 1.29 is 18.3 Å². The number of para-hydroxylation sites is 1. The molecule has 1 heterocycles. The monoisotopic (exact) mass is 445 g/mol. The van der Waals surface area contributed by atoms with Crippen LogP contribution in [0.5, 0.6) is 5.75 Å². The molecule has 3 N–H and O–H groups in total. The minimum atomic E-state index is -0.557. The van der Waals surface area contributed by atoms with Crippen molar-refractivity contribution in [1.29, 1.82) is 0 Å². The summed E-state index contributed by atoms with van der Waals surface area (Å²) in [5, 5.41) is 9.31. The molecular weight excluding hydrogens is 416 g/mol. The maximum atomic E-state index is 14.1. The Labute approximate surface area is 186 Å². The Morgan fingerprint density at radius 1 is 1.16 bits per heavy atom. The Morgan fingerprint density at radius 2 is 1.88 bits per heavy atom. The molecule has 1 fully saturated rings. The second-order valence-corrected chi connectivity index (χ2v) is 7.39. The quantitative estimate of drug-likeness (QED) is 0.331. The first-order valence-corrected chi connectivity index (χ1v) is 10.7. The maximum Gasteiger partial charge on any atom is 0.251 e.